The maximum absolute atomic E-state index is 12.6. The quantitative estimate of drug-likeness (QED) is 0.108. The van der Waals surface area contributed by atoms with Crippen molar-refractivity contribution in [3.05, 3.63) is 20.2 Å². The van der Waals surface area contributed by atoms with E-state index < -0.39 is 21.6 Å². The van der Waals surface area contributed by atoms with Crippen molar-refractivity contribution < 1.29 is 19.4 Å². The third kappa shape index (κ3) is 1.21. The van der Waals surface area contributed by atoms with Crippen LogP contribution in [0.25, 0.3) is 0 Å². The van der Waals surface area contributed by atoms with Crippen LogP contribution in [0.4, 0.5) is 4.39 Å². The van der Waals surface area contributed by atoms with Crippen molar-refractivity contribution in [2.75, 3.05) is 0 Å². The number of amidine groups is 1. The Hall–Kier alpha value is -2.00. The van der Waals surface area contributed by atoms with Crippen LogP contribution in [-0.2, 0) is 0 Å². The maximum atomic E-state index is 12.6. The average Bonchev–Trinajstić information content (AvgIpc) is 2.00. The molecule has 0 aromatic heterocycles. The lowest BCUT2D eigenvalue weighted by Crippen LogP contribution is -2.53. The number of alkyl halides is 1. The SMILES string of the molecule is NC(=NO)C(F)([N+](=O)[O-])[N+](=O)[O-]. The van der Waals surface area contributed by atoms with E-state index in [1.807, 2.05) is 5.16 Å². The zero-order valence-corrected chi connectivity index (χ0v) is 5.38. The van der Waals surface area contributed by atoms with Crippen molar-refractivity contribution in [3.63, 3.8) is 0 Å². The van der Waals surface area contributed by atoms with E-state index in [1.54, 1.807) is 0 Å². The van der Waals surface area contributed by atoms with Gasteiger partial charge in [-0.1, -0.05) is 9.55 Å². The predicted molar refractivity (Wildman–Crippen MR) is 31.2 cm³/mol. The first kappa shape index (κ1) is 10.0. The van der Waals surface area contributed by atoms with Crippen molar-refractivity contribution in [2.45, 2.75) is 5.92 Å². The Labute approximate surface area is 63.6 Å². The summed E-state index contributed by atoms with van der Waals surface area (Å²) in [5.74, 6) is -6.01. The Kier molecular flexibility index (Phi) is 2.45. The molecule has 0 aromatic carbocycles. The molecule has 0 rings (SSSR count). The summed E-state index contributed by atoms with van der Waals surface area (Å²) < 4.78 is 12.6. The lowest BCUT2D eigenvalue weighted by atomic mass is 10.4. The number of hydrogen-bond donors (Lipinski definition) is 2. The summed E-state index contributed by atoms with van der Waals surface area (Å²) in [6, 6.07) is 0. The molecule has 0 spiro atoms. The van der Waals surface area contributed by atoms with Crippen molar-refractivity contribution in [1.29, 1.82) is 0 Å². The molecule has 0 amide bonds. The van der Waals surface area contributed by atoms with Gasteiger partial charge in [-0.3, -0.25) is 20.2 Å². The van der Waals surface area contributed by atoms with E-state index in [-0.39, 0.29) is 0 Å². The monoisotopic (exact) mass is 182 g/mol. The third-order valence-corrected chi connectivity index (χ3v) is 0.918. The molecular weight excluding hydrogens is 179 g/mol. The number of hydrogen-bond acceptors (Lipinski definition) is 6. The van der Waals surface area contributed by atoms with Gasteiger partial charge in [-0.25, -0.2) is 0 Å². The minimum Gasteiger partial charge on any atom is -0.409 e. The second kappa shape index (κ2) is 2.94. The first-order valence-corrected chi connectivity index (χ1v) is 2.33. The Morgan fingerprint density at radius 3 is 1.92 bits per heavy atom. The van der Waals surface area contributed by atoms with Crippen molar-refractivity contribution in [2.24, 2.45) is 10.9 Å². The standard InChI is InChI=1S/C2H3FN4O5/c3-2(6(9)10,7(11)12)1(4)5-8/h8H,(H2,4,5). The highest BCUT2D eigenvalue weighted by Crippen LogP contribution is 2.12. The largest absolute Gasteiger partial charge is 0.678 e. The van der Waals surface area contributed by atoms with Crippen LogP contribution >= 0.6 is 0 Å². The molecule has 9 nitrogen and oxygen atoms in total. The van der Waals surface area contributed by atoms with E-state index in [4.69, 9.17) is 5.21 Å². The molecule has 0 aliphatic carbocycles. The van der Waals surface area contributed by atoms with E-state index in [0.29, 0.717) is 0 Å². The average molecular weight is 182 g/mol. The molecule has 0 aliphatic heterocycles. The maximum Gasteiger partial charge on any atom is 0.678 e. The van der Waals surface area contributed by atoms with E-state index in [1.165, 1.54) is 0 Å². The van der Waals surface area contributed by atoms with Gasteiger partial charge in [0.25, 0.3) is 0 Å². The number of rotatable bonds is 3. The fourth-order valence-corrected chi connectivity index (χ4v) is 0.317. The fraction of sp³-hybridized carbons (Fsp3) is 0.500. The lowest BCUT2D eigenvalue weighted by molar-refractivity contribution is -0.805. The van der Waals surface area contributed by atoms with Crippen LogP contribution in [0.5, 0.6) is 0 Å². The first-order chi connectivity index (χ1) is 5.37. The number of nitro groups is 2. The van der Waals surface area contributed by atoms with Gasteiger partial charge in [0.1, 0.15) is 9.85 Å². The highest BCUT2D eigenvalue weighted by molar-refractivity contribution is 5.84. The van der Waals surface area contributed by atoms with Crippen molar-refractivity contribution in [1.82, 2.24) is 0 Å². The molecule has 0 saturated heterocycles. The van der Waals surface area contributed by atoms with Crippen LogP contribution in [-0.4, -0.2) is 26.8 Å². The number of nitrogens with two attached hydrogens (primary N) is 1. The van der Waals surface area contributed by atoms with Gasteiger partial charge >= 0.3 is 11.8 Å². The fourth-order valence-electron chi connectivity index (χ4n) is 0.317. The summed E-state index contributed by atoms with van der Waals surface area (Å²) in [6.07, 6.45) is 0. The molecule has 3 N–H and O–H groups in total. The predicted octanol–water partition coefficient (Wildman–Crippen LogP) is -1.09. The van der Waals surface area contributed by atoms with Crippen molar-refractivity contribution in [3.8, 4) is 0 Å². The molecule has 0 aliphatic rings. The molecular formula is C2H3FN4O5. The molecule has 0 heterocycles. The summed E-state index contributed by atoms with van der Waals surface area (Å²) in [4.78, 5) is 15.7. The van der Waals surface area contributed by atoms with Gasteiger partial charge in [-0.2, -0.15) is 0 Å². The highest BCUT2D eigenvalue weighted by atomic mass is 19.2. The van der Waals surface area contributed by atoms with Crippen LogP contribution in [0.15, 0.2) is 5.16 Å². The van der Waals surface area contributed by atoms with Crippen LogP contribution in [0.3, 0.4) is 0 Å². The number of halogens is 1. The minimum absolute atomic E-state index is 1.74. The van der Waals surface area contributed by atoms with Gasteiger partial charge < -0.3 is 10.9 Å². The summed E-state index contributed by atoms with van der Waals surface area (Å²) in [5, 5.41) is 29.2. The van der Waals surface area contributed by atoms with E-state index in [0.717, 1.165) is 0 Å². The zero-order chi connectivity index (χ0) is 9.94. The van der Waals surface area contributed by atoms with Crippen LogP contribution in [0, 0.1) is 20.2 Å². The van der Waals surface area contributed by atoms with E-state index >= 15 is 0 Å². The lowest BCUT2D eigenvalue weighted by Gasteiger charge is -2.04. The highest BCUT2D eigenvalue weighted by Gasteiger charge is 2.64. The van der Waals surface area contributed by atoms with Crippen LogP contribution in [0.2, 0.25) is 0 Å². The molecule has 68 valence electrons. The molecule has 0 fully saturated rings. The van der Waals surface area contributed by atoms with Crippen molar-refractivity contribution >= 4 is 5.84 Å². The number of oxime groups is 1. The molecule has 12 heavy (non-hydrogen) atoms. The minimum atomic E-state index is -4.27. The Morgan fingerprint density at radius 2 is 1.83 bits per heavy atom. The summed E-state index contributed by atoms with van der Waals surface area (Å²) in [5.41, 5.74) is 4.39. The normalized spacial score (nSPS) is 12.6. The smallest absolute Gasteiger partial charge is 0.409 e. The molecule has 0 unspecified atom stereocenters. The van der Waals surface area contributed by atoms with Gasteiger partial charge in [0.2, 0.25) is 0 Å². The first-order valence-electron chi connectivity index (χ1n) is 2.33. The van der Waals surface area contributed by atoms with Gasteiger partial charge in [0, 0.05) is 0 Å². The zero-order valence-electron chi connectivity index (χ0n) is 5.38. The molecule has 0 aromatic rings. The number of nitrogens with zero attached hydrogens (tertiary/aromatic N) is 3. The van der Waals surface area contributed by atoms with Gasteiger partial charge in [-0.15, -0.1) is 0 Å². The second-order valence-electron chi connectivity index (χ2n) is 1.59. The topological polar surface area (TPSA) is 145 Å². The molecule has 0 radical (unpaired) electrons. The summed E-state index contributed by atoms with van der Waals surface area (Å²) >= 11 is 0. The van der Waals surface area contributed by atoms with E-state index in [2.05, 4.69) is 5.73 Å². The van der Waals surface area contributed by atoms with Crippen LogP contribution in [0.1, 0.15) is 0 Å². The summed E-state index contributed by atoms with van der Waals surface area (Å²) in [6.45, 7) is 0. The molecule has 10 heteroatoms. The Balaban J connectivity index is 5.16. The van der Waals surface area contributed by atoms with Gasteiger partial charge in [0.15, 0.2) is 0 Å². The molecule has 0 bridgehead atoms. The molecule has 0 saturated carbocycles. The van der Waals surface area contributed by atoms with Gasteiger partial charge in [0.05, 0.1) is 0 Å². The van der Waals surface area contributed by atoms with E-state index in [9.17, 15) is 24.6 Å². The van der Waals surface area contributed by atoms with Crippen LogP contribution < -0.4 is 5.73 Å². The second-order valence-corrected chi connectivity index (χ2v) is 1.59. The Morgan fingerprint density at radius 1 is 1.50 bits per heavy atom. The summed E-state index contributed by atoms with van der Waals surface area (Å²) in [7, 11) is 0. The third-order valence-electron chi connectivity index (χ3n) is 0.918. The Bertz CT molecular complexity index is 236. The van der Waals surface area contributed by atoms with Gasteiger partial charge in [-0.05, 0) is 0 Å². The molecule has 0 atom stereocenters.